The summed E-state index contributed by atoms with van der Waals surface area (Å²) in [5, 5.41) is 8.62. The molecule has 18 heavy (non-hydrogen) atoms. The van der Waals surface area contributed by atoms with Gasteiger partial charge in [0.1, 0.15) is 5.82 Å². The number of nitrogens with zero attached hydrogens (tertiary/aromatic N) is 3. The zero-order valence-electron chi connectivity index (χ0n) is 11.2. The van der Waals surface area contributed by atoms with Crippen molar-refractivity contribution in [2.24, 2.45) is 0 Å². The van der Waals surface area contributed by atoms with Crippen LogP contribution in [0.25, 0.3) is 0 Å². The number of halogens is 1. The molecule has 1 unspecified atom stereocenters. The minimum atomic E-state index is 0.145. The second-order valence-corrected chi connectivity index (χ2v) is 5.22. The van der Waals surface area contributed by atoms with Crippen LogP contribution in [0.2, 0.25) is 5.28 Å². The van der Waals surface area contributed by atoms with Gasteiger partial charge in [-0.2, -0.15) is 0 Å². The fourth-order valence-corrected chi connectivity index (χ4v) is 2.50. The summed E-state index contributed by atoms with van der Waals surface area (Å²) in [6, 6.07) is 8.47. The van der Waals surface area contributed by atoms with Crippen LogP contribution in [0.3, 0.4) is 0 Å². The normalized spacial score (nSPS) is 13.0. The van der Waals surface area contributed by atoms with Gasteiger partial charge in [-0.15, -0.1) is 10.2 Å². The summed E-state index contributed by atoms with van der Waals surface area (Å²) in [7, 11) is 0. The molecule has 3 nitrogen and oxygen atoms in total. The van der Waals surface area contributed by atoms with E-state index in [0.29, 0.717) is 11.2 Å². The molecule has 2 aromatic rings. The number of hydrogen-bond donors (Lipinski definition) is 0. The van der Waals surface area contributed by atoms with Gasteiger partial charge in [0.2, 0.25) is 5.28 Å². The van der Waals surface area contributed by atoms with Crippen LogP contribution in [-0.4, -0.2) is 14.8 Å². The lowest BCUT2D eigenvalue weighted by Gasteiger charge is -2.20. The topological polar surface area (TPSA) is 30.7 Å². The van der Waals surface area contributed by atoms with Crippen LogP contribution in [0.1, 0.15) is 49.7 Å². The third-order valence-corrected chi connectivity index (χ3v) is 3.48. The molecule has 0 saturated carbocycles. The first-order valence-corrected chi connectivity index (χ1v) is 6.56. The molecule has 96 valence electrons. The Bertz CT molecular complexity index is 546. The molecule has 4 heteroatoms. The van der Waals surface area contributed by atoms with Crippen molar-refractivity contribution in [1.29, 1.82) is 0 Å². The van der Waals surface area contributed by atoms with E-state index in [-0.39, 0.29) is 6.04 Å². The van der Waals surface area contributed by atoms with Gasteiger partial charge in [0, 0.05) is 5.92 Å². The lowest BCUT2D eigenvalue weighted by Crippen LogP contribution is -2.13. The maximum Gasteiger partial charge on any atom is 0.225 e. The molecule has 0 aliphatic heterocycles. The maximum absolute atomic E-state index is 6.18. The molecule has 1 aromatic heterocycles. The van der Waals surface area contributed by atoms with E-state index >= 15 is 0 Å². The minimum absolute atomic E-state index is 0.145. The Hall–Kier alpha value is -1.35. The third-order valence-electron chi connectivity index (χ3n) is 3.22. The number of aryl methyl sites for hydroxylation is 1. The van der Waals surface area contributed by atoms with Gasteiger partial charge in [-0.3, -0.25) is 4.57 Å². The van der Waals surface area contributed by atoms with Crippen LogP contribution in [0.15, 0.2) is 24.3 Å². The summed E-state index contributed by atoms with van der Waals surface area (Å²) in [6.07, 6.45) is 0. The average Bonchev–Trinajstić information content (AvgIpc) is 2.71. The van der Waals surface area contributed by atoms with Crippen LogP contribution in [0, 0.1) is 6.92 Å². The number of aromatic nitrogens is 3. The molecule has 1 atom stereocenters. The van der Waals surface area contributed by atoms with E-state index in [4.69, 9.17) is 11.6 Å². The van der Waals surface area contributed by atoms with Gasteiger partial charge in [0.15, 0.2) is 0 Å². The fraction of sp³-hybridized carbons (Fsp3) is 0.429. The Balaban J connectivity index is 2.49. The van der Waals surface area contributed by atoms with Crippen LogP contribution in [0.4, 0.5) is 0 Å². The largest absolute Gasteiger partial charge is 0.294 e. The highest BCUT2D eigenvalue weighted by Crippen LogP contribution is 2.28. The highest BCUT2D eigenvalue weighted by atomic mass is 35.5. The average molecular weight is 264 g/mol. The molecule has 0 amide bonds. The molecule has 1 aromatic carbocycles. The SMILES string of the molecule is Cc1ccccc1C(C)n1c(Cl)nnc1C(C)C. The Kier molecular flexibility index (Phi) is 3.71. The van der Waals surface area contributed by atoms with Gasteiger partial charge in [-0.05, 0) is 36.6 Å². The van der Waals surface area contributed by atoms with Crippen molar-refractivity contribution in [3.63, 3.8) is 0 Å². The van der Waals surface area contributed by atoms with Crippen LogP contribution in [0.5, 0.6) is 0 Å². The first-order chi connectivity index (χ1) is 8.52. The van der Waals surface area contributed by atoms with E-state index < -0.39 is 0 Å². The lowest BCUT2D eigenvalue weighted by molar-refractivity contribution is 0.577. The van der Waals surface area contributed by atoms with Crippen molar-refractivity contribution in [3.05, 3.63) is 46.5 Å². The predicted octanol–water partition coefficient (Wildman–Crippen LogP) is 3.97. The quantitative estimate of drug-likeness (QED) is 0.839. The van der Waals surface area contributed by atoms with E-state index in [2.05, 4.69) is 50.0 Å². The summed E-state index contributed by atoms with van der Waals surface area (Å²) < 4.78 is 2.01. The molecule has 0 N–H and O–H groups in total. The van der Waals surface area contributed by atoms with Gasteiger partial charge in [0.25, 0.3) is 0 Å². The van der Waals surface area contributed by atoms with Crippen molar-refractivity contribution < 1.29 is 0 Å². The molecule has 0 spiro atoms. The second-order valence-electron chi connectivity index (χ2n) is 4.88. The standard InChI is InChI=1S/C14H18ClN3/c1-9(2)13-16-17-14(15)18(13)11(4)12-8-6-5-7-10(12)3/h5-9,11H,1-4H3. The molecular weight excluding hydrogens is 246 g/mol. The van der Waals surface area contributed by atoms with Gasteiger partial charge in [-0.1, -0.05) is 38.1 Å². The Labute approximate surface area is 113 Å². The van der Waals surface area contributed by atoms with Gasteiger partial charge < -0.3 is 0 Å². The minimum Gasteiger partial charge on any atom is -0.294 e. The highest BCUT2D eigenvalue weighted by molar-refractivity contribution is 6.28. The first kappa shape index (κ1) is 13.1. The number of rotatable bonds is 3. The van der Waals surface area contributed by atoms with E-state index in [0.717, 1.165) is 5.82 Å². The highest BCUT2D eigenvalue weighted by Gasteiger charge is 2.20. The molecule has 1 heterocycles. The summed E-state index contributed by atoms with van der Waals surface area (Å²) in [5.74, 6) is 1.23. The Morgan fingerprint density at radius 3 is 2.39 bits per heavy atom. The zero-order chi connectivity index (χ0) is 13.3. The Morgan fingerprint density at radius 2 is 1.78 bits per heavy atom. The van der Waals surface area contributed by atoms with Crippen molar-refractivity contribution in [2.75, 3.05) is 0 Å². The van der Waals surface area contributed by atoms with E-state index in [1.807, 2.05) is 16.7 Å². The van der Waals surface area contributed by atoms with Gasteiger partial charge >= 0.3 is 0 Å². The summed E-state index contributed by atoms with van der Waals surface area (Å²) in [4.78, 5) is 0. The summed E-state index contributed by atoms with van der Waals surface area (Å²) >= 11 is 6.18. The summed E-state index contributed by atoms with van der Waals surface area (Å²) in [5.41, 5.74) is 2.51. The van der Waals surface area contributed by atoms with Gasteiger partial charge in [-0.25, -0.2) is 0 Å². The van der Waals surface area contributed by atoms with E-state index in [9.17, 15) is 0 Å². The first-order valence-electron chi connectivity index (χ1n) is 6.18. The molecule has 0 fully saturated rings. The molecule has 0 saturated heterocycles. The smallest absolute Gasteiger partial charge is 0.225 e. The van der Waals surface area contributed by atoms with Crippen molar-refractivity contribution >= 4 is 11.6 Å². The predicted molar refractivity (Wildman–Crippen MR) is 74.1 cm³/mol. The molecule has 2 rings (SSSR count). The third kappa shape index (κ3) is 2.27. The fourth-order valence-electron chi connectivity index (χ4n) is 2.23. The molecule has 0 aliphatic rings. The van der Waals surface area contributed by atoms with Gasteiger partial charge in [0.05, 0.1) is 6.04 Å². The summed E-state index contributed by atoms with van der Waals surface area (Å²) in [6.45, 7) is 8.44. The molecule has 0 radical (unpaired) electrons. The van der Waals surface area contributed by atoms with E-state index in [1.54, 1.807) is 0 Å². The van der Waals surface area contributed by atoms with Crippen LogP contribution >= 0.6 is 11.6 Å². The number of benzene rings is 1. The zero-order valence-corrected chi connectivity index (χ0v) is 11.9. The Morgan fingerprint density at radius 1 is 1.11 bits per heavy atom. The van der Waals surface area contributed by atoms with Crippen LogP contribution in [-0.2, 0) is 0 Å². The van der Waals surface area contributed by atoms with Crippen molar-refractivity contribution in [1.82, 2.24) is 14.8 Å². The molecule has 0 aliphatic carbocycles. The maximum atomic E-state index is 6.18. The van der Waals surface area contributed by atoms with E-state index in [1.165, 1.54) is 11.1 Å². The lowest BCUT2D eigenvalue weighted by atomic mass is 10.0. The molecular formula is C14H18ClN3. The van der Waals surface area contributed by atoms with Crippen molar-refractivity contribution in [2.45, 2.75) is 39.7 Å². The van der Waals surface area contributed by atoms with Crippen molar-refractivity contribution in [3.8, 4) is 0 Å². The van der Waals surface area contributed by atoms with Crippen LogP contribution < -0.4 is 0 Å². The second kappa shape index (κ2) is 5.11. The number of hydrogen-bond acceptors (Lipinski definition) is 2. The molecule has 0 bridgehead atoms. The monoisotopic (exact) mass is 263 g/mol.